The lowest BCUT2D eigenvalue weighted by Gasteiger charge is -2.31. The largest absolute Gasteiger partial charge is 0.479 e. The van der Waals surface area contributed by atoms with Gasteiger partial charge in [-0.15, -0.1) is 0 Å². The van der Waals surface area contributed by atoms with Crippen LogP contribution in [0.2, 0.25) is 0 Å². The molecule has 2 rings (SSSR count). The van der Waals surface area contributed by atoms with Crippen molar-refractivity contribution in [3.8, 4) is 0 Å². The van der Waals surface area contributed by atoms with Crippen LogP contribution in [0, 0.1) is 11.6 Å². The molecule has 6 heteroatoms. The molecule has 21 heavy (non-hydrogen) atoms. The van der Waals surface area contributed by atoms with E-state index in [0.717, 1.165) is 12.1 Å². The fraction of sp³-hybridized carbons (Fsp3) is 0.533. The SMILES string of the molecule is CC(C)(C)N1C[C@@H](c2ccc(F)cc2F)[C@](F)(C(=O)O)C1. The molecule has 1 aliphatic rings. The zero-order valence-electron chi connectivity index (χ0n) is 12.2. The maximum absolute atomic E-state index is 14.9. The Hall–Kier alpha value is -1.56. The lowest BCUT2D eigenvalue weighted by Crippen LogP contribution is -2.45. The molecule has 116 valence electrons. The lowest BCUT2D eigenvalue weighted by molar-refractivity contribution is -0.151. The zero-order chi connectivity index (χ0) is 16.0. The van der Waals surface area contributed by atoms with E-state index in [2.05, 4.69) is 0 Å². The summed E-state index contributed by atoms with van der Waals surface area (Å²) in [6, 6.07) is 2.79. The molecule has 1 fully saturated rings. The molecule has 1 N–H and O–H groups in total. The maximum Gasteiger partial charge on any atom is 0.343 e. The quantitative estimate of drug-likeness (QED) is 0.913. The van der Waals surface area contributed by atoms with E-state index in [0.29, 0.717) is 6.07 Å². The summed E-state index contributed by atoms with van der Waals surface area (Å²) in [6.07, 6.45) is 0. The Morgan fingerprint density at radius 3 is 2.48 bits per heavy atom. The summed E-state index contributed by atoms with van der Waals surface area (Å²) in [4.78, 5) is 13.0. The van der Waals surface area contributed by atoms with E-state index in [1.807, 2.05) is 20.8 Å². The van der Waals surface area contributed by atoms with Crippen molar-refractivity contribution in [1.29, 1.82) is 0 Å². The Bertz CT molecular complexity index is 571. The molecule has 1 aromatic rings. The summed E-state index contributed by atoms with van der Waals surface area (Å²) in [5.41, 5.74) is -3.14. The second kappa shape index (κ2) is 5.02. The molecule has 1 aromatic carbocycles. The topological polar surface area (TPSA) is 40.5 Å². The number of rotatable bonds is 2. The normalized spacial score (nSPS) is 27.0. The lowest BCUT2D eigenvalue weighted by atomic mass is 9.86. The molecule has 0 unspecified atom stereocenters. The summed E-state index contributed by atoms with van der Waals surface area (Å²) < 4.78 is 41.9. The van der Waals surface area contributed by atoms with Gasteiger partial charge in [0.25, 0.3) is 0 Å². The first-order valence-electron chi connectivity index (χ1n) is 6.68. The van der Waals surface area contributed by atoms with Crippen LogP contribution in [0.15, 0.2) is 18.2 Å². The molecule has 1 aliphatic heterocycles. The first-order chi connectivity index (χ1) is 9.55. The van der Waals surface area contributed by atoms with Gasteiger partial charge in [0.15, 0.2) is 0 Å². The fourth-order valence-corrected chi connectivity index (χ4v) is 2.67. The number of likely N-dealkylation sites (tertiary alicyclic amines) is 1. The second-order valence-electron chi connectivity index (χ2n) is 6.44. The minimum Gasteiger partial charge on any atom is -0.479 e. The molecule has 1 saturated heterocycles. The molecule has 0 aromatic heterocycles. The van der Waals surface area contributed by atoms with E-state index in [1.54, 1.807) is 4.90 Å². The van der Waals surface area contributed by atoms with Crippen LogP contribution in [0.5, 0.6) is 0 Å². The number of carboxylic acid groups (broad SMARTS) is 1. The van der Waals surface area contributed by atoms with Gasteiger partial charge in [0.2, 0.25) is 5.67 Å². The van der Waals surface area contributed by atoms with E-state index in [1.165, 1.54) is 0 Å². The van der Waals surface area contributed by atoms with Crippen molar-refractivity contribution in [2.75, 3.05) is 13.1 Å². The van der Waals surface area contributed by atoms with Crippen LogP contribution >= 0.6 is 0 Å². The minimum atomic E-state index is -2.59. The summed E-state index contributed by atoms with van der Waals surface area (Å²) in [7, 11) is 0. The molecular formula is C15H18F3NO2. The average Bonchev–Trinajstić information content (AvgIpc) is 2.68. The van der Waals surface area contributed by atoms with Gasteiger partial charge < -0.3 is 5.11 Å². The molecule has 0 amide bonds. The standard InChI is InChI=1S/C15H18F3NO2/c1-14(2,3)19-7-11(15(18,8-19)13(20)21)10-5-4-9(16)6-12(10)17/h4-6,11H,7-8H2,1-3H3,(H,20,21)/t11-,15-/m0/s1. The van der Waals surface area contributed by atoms with Crippen molar-refractivity contribution in [3.05, 3.63) is 35.4 Å². The number of hydrogen-bond acceptors (Lipinski definition) is 2. The van der Waals surface area contributed by atoms with Gasteiger partial charge in [-0.2, -0.15) is 0 Å². The summed E-state index contributed by atoms with van der Waals surface area (Å²) in [5, 5.41) is 9.24. The number of carboxylic acids is 1. The van der Waals surface area contributed by atoms with Crippen molar-refractivity contribution < 1.29 is 23.1 Å². The summed E-state index contributed by atoms with van der Waals surface area (Å²) in [5.74, 6) is -4.49. The van der Waals surface area contributed by atoms with Gasteiger partial charge in [-0.3, -0.25) is 4.90 Å². The maximum atomic E-state index is 14.9. The summed E-state index contributed by atoms with van der Waals surface area (Å²) >= 11 is 0. The van der Waals surface area contributed by atoms with Gasteiger partial charge in [-0.1, -0.05) is 6.07 Å². The molecule has 2 atom stereocenters. The first-order valence-corrected chi connectivity index (χ1v) is 6.68. The van der Waals surface area contributed by atoms with Crippen LogP contribution < -0.4 is 0 Å². The van der Waals surface area contributed by atoms with Crippen LogP contribution in [-0.2, 0) is 4.79 Å². The first kappa shape index (κ1) is 15.8. The van der Waals surface area contributed by atoms with E-state index in [9.17, 15) is 23.1 Å². The molecule has 0 aliphatic carbocycles. The van der Waals surface area contributed by atoms with Crippen molar-refractivity contribution in [3.63, 3.8) is 0 Å². The van der Waals surface area contributed by atoms with Gasteiger partial charge in [-0.25, -0.2) is 18.0 Å². The van der Waals surface area contributed by atoms with Gasteiger partial charge in [0, 0.05) is 30.6 Å². The van der Waals surface area contributed by atoms with Crippen LogP contribution in [0.3, 0.4) is 0 Å². The van der Waals surface area contributed by atoms with Gasteiger partial charge in [-0.05, 0) is 32.4 Å². The summed E-state index contributed by atoms with van der Waals surface area (Å²) in [6.45, 7) is 5.23. The van der Waals surface area contributed by atoms with Crippen molar-refractivity contribution in [2.45, 2.75) is 37.9 Å². The van der Waals surface area contributed by atoms with Gasteiger partial charge in [0.1, 0.15) is 11.6 Å². The van der Waals surface area contributed by atoms with Crippen LogP contribution in [-0.4, -0.2) is 40.3 Å². The van der Waals surface area contributed by atoms with Crippen molar-refractivity contribution >= 4 is 5.97 Å². The third kappa shape index (κ3) is 2.77. The Morgan fingerprint density at radius 1 is 1.38 bits per heavy atom. The molecule has 0 saturated carbocycles. The molecule has 0 radical (unpaired) electrons. The Labute approximate surface area is 121 Å². The second-order valence-corrected chi connectivity index (χ2v) is 6.44. The number of benzene rings is 1. The molecular weight excluding hydrogens is 283 g/mol. The Kier molecular flexibility index (Phi) is 3.78. The predicted molar refractivity (Wildman–Crippen MR) is 71.9 cm³/mol. The van der Waals surface area contributed by atoms with E-state index < -0.39 is 34.7 Å². The van der Waals surface area contributed by atoms with Crippen LogP contribution in [0.25, 0.3) is 0 Å². The highest BCUT2D eigenvalue weighted by molar-refractivity contribution is 5.80. The highest BCUT2D eigenvalue weighted by Crippen LogP contribution is 2.42. The number of hydrogen-bond donors (Lipinski definition) is 1. The number of nitrogens with zero attached hydrogens (tertiary/aromatic N) is 1. The van der Waals surface area contributed by atoms with E-state index in [4.69, 9.17) is 0 Å². The predicted octanol–water partition coefficient (Wildman–Crippen LogP) is 2.96. The molecule has 3 nitrogen and oxygen atoms in total. The third-order valence-corrected chi connectivity index (χ3v) is 4.02. The van der Waals surface area contributed by atoms with Crippen molar-refractivity contribution in [1.82, 2.24) is 4.90 Å². The number of aliphatic carboxylic acids is 1. The monoisotopic (exact) mass is 301 g/mol. The number of alkyl halides is 1. The van der Waals surface area contributed by atoms with E-state index >= 15 is 0 Å². The van der Waals surface area contributed by atoms with Crippen LogP contribution in [0.4, 0.5) is 13.2 Å². The molecule has 0 bridgehead atoms. The zero-order valence-corrected chi connectivity index (χ0v) is 12.2. The van der Waals surface area contributed by atoms with Crippen molar-refractivity contribution in [2.24, 2.45) is 0 Å². The Morgan fingerprint density at radius 2 is 2.00 bits per heavy atom. The number of carbonyl (C=O) groups is 1. The third-order valence-electron chi connectivity index (χ3n) is 4.02. The molecule has 0 spiro atoms. The average molecular weight is 301 g/mol. The number of halogens is 3. The van der Waals surface area contributed by atoms with E-state index in [-0.39, 0.29) is 18.7 Å². The highest BCUT2D eigenvalue weighted by Gasteiger charge is 2.56. The highest BCUT2D eigenvalue weighted by atomic mass is 19.1. The fourth-order valence-electron chi connectivity index (χ4n) is 2.67. The molecule has 1 heterocycles. The van der Waals surface area contributed by atoms with Gasteiger partial charge in [0.05, 0.1) is 0 Å². The van der Waals surface area contributed by atoms with Gasteiger partial charge >= 0.3 is 5.97 Å². The van der Waals surface area contributed by atoms with Crippen LogP contribution in [0.1, 0.15) is 32.3 Å². The minimum absolute atomic E-state index is 0.0643. The Balaban J connectivity index is 2.46. The smallest absolute Gasteiger partial charge is 0.343 e.